The molecule has 0 aromatic heterocycles. The Labute approximate surface area is 65.4 Å². The third kappa shape index (κ3) is 2.98. The zero-order valence-electron chi connectivity index (χ0n) is 6.23. The number of carbonyl (C=O) groups is 1. The average molecular weight is 153 g/mol. The van der Waals surface area contributed by atoms with E-state index in [1.165, 1.54) is 0 Å². The van der Waals surface area contributed by atoms with Gasteiger partial charge in [0.25, 0.3) is 0 Å². The Hall–Kier alpha value is -1.12. The number of allylic oxidation sites excluding steroid dienone is 1. The molecule has 1 atom stereocenters. The van der Waals surface area contributed by atoms with Crippen LogP contribution in [0.5, 0.6) is 0 Å². The van der Waals surface area contributed by atoms with Gasteiger partial charge in [-0.05, 0) is 18.9 Å². The number of aliphatic carboxylic acids is 1. The van der Waals surface area contributed by atoms with Crippen LogP contribution >= 0.6 is 0 Å². The molecule has 1 aliphatic heterocycles. The predicted octanol–water partition coefficient (Wildman–Crippen LogP) is 1.25. The van der Waals surface area contributed by atoms with Gasteiger partial charge in [-0.2, -0.15) is 0 Å². The van der Waals surface area contributed by atoms with Crippen molar-refractivity contribution in [3.05, 3.63) is 12.2 Å². The molecule has 0 radical (unpaired) electrons. The quantitative estimate of drug-likeness (QED) is 0.663. The van der Waals surface area contributed by atoms with Crippen molar-refractivity contribution in [2.45, 2.75) is 25.3 Å². The Morgan fingerprint density at radius 3 is 3.09 bits per heavy atom. The monoisotopic (exact) mass is 153 g/mol. The van der Waals surface area contributed by atoms with E-state index in [0.717, 1.165) is 6.42 Å². The highest BCUT2D eigenvalue weighted by molar-refractivity contribution is 5.72. The number of hydrogen-bond donors (Lipinski definition) is 1. The van der Waals surface area contributed by atoms with Gasteiger partial charge in [-0.15, -0.1) is 0 Å². The maximum absolute atomic E-state index is 10.2. The van der Waals surface area contributed by atoms with Gasteiger partial charge in [0.05, 0.1) is 6.04 Å². The van der Waals surface area contributed by atoms with E-state index in [2.05, 4.69) is 4.99 Å². The fourth-order valence-corrected chi connectivity index (χ4v) is 1.01. The third-order valence-electron chi connectivity index (χ3n) is 1.62. The van der Waals surface area contributed by atoms with Crippen LogP contribution in [-0.4, -0.2) is 23.3 Å². The van der Waals surface area contributed by atoms with Gasteiger partial charge in [-0.3, -0.25) is 9.79 Å². The molecule has 1 heterocycles. The molecule has 0 saturated carbocycles. The van der Waals surface area contributed by atoms with Crippen molar-refractivity contribution in [3.8, 4) is 0 Å². The summed E-state index contributed by atoms with van der Waals surface area (Å²) in [4.78, 5) is 14.3. The molecule has 0 fully saturated rings. The van der Waals surface area contributed by atoms with Gasteiger partial charge in [0.15, 0.2) is 0 Å². The molecule has 1 N–H and O–H groups in total. The highest BCUT2D eigenvalue weighted by atomic mass is 16.4. The molecule has 1 unspecified atom stereocenters. The standard InChI is InChI=1S/C8H11NO2/c10-8(11)5-4-7-3-1-2-6-9-7/h1-2,6-7H,3-5H2,(H,10,11). The van der Waals surface area contributed by atoms with Crippen LogP contribution < -0.4 is 0 Å². The molecule has 11 heavy (non-hydrogen) atoms. The van der Waals surface area contributed by atoms with Gasteiger partial charge < -0.3 is 5.11 Å². The number of carboxylic acids is 1. The summed E-state index contributed by atoms with van der Waals surface area (Å²) in [6.45, 7) is 0. The van der Waals surface area contributed by atoms with Gasteiger partial charge in [0.1, 0.15) is 0 Å². The Balaban J connectivity index is 2.22. The van der Waals surface area contributed by atoms with E-state index >= 15 is 0 Å². The smallest absolute Gasteiger partial charge is 0.303 e. The maximum atomic E-state index is 10.2. The lowest BCUT2D eigenvalue weighted by Crippen LogP contribution is -2.08. The molecule has 0 aromatic rings. The fraction of sp³-hybridized carbons (Fsp3) is 0.500. The van der Waals surface area contributed by atoms with Gasteiger partial charge in [-0.25, -0.2) is 0 Å². The molecule has 0 saturated heterocycles. The molecule has 0 amide bonds. The molecule has 3 nitrogen and oxygen atoms in total. The molecule has 1 rings (SSSR count). The summed E-state index contributed by atoms with van der Waals surface area (Å²) in [7, 11) is 0. The summed E-state index contributed by atoms with van der Waals surface area (Å²) in [5, 5.41) is 8.37. The van der Waals surface area contributed by atoms with Gasteiger partial charge in [-0.1, -0.05) is 6.08 Å². The van der Waals surface area contributed by atoms with Crippen molar-refractivity contribution in [2.24, 2.45) is 4.99 Å². The van der Waals surface area contributed by atoms with Crippen LogP contribution in [0.2, 0.25) is 0 Å². The molecule has 0 aliphatic carbocycles. The van der Waals surface area contributed by atoms with Crippen LogP contribution in [-0.2, 0) is 4.79 Å². The molecule has 0 bridgehead atoms. The summed E-state index contributed by atoms with van der Waals surface area (Å²) < 4.78 is 0. The van der Waals surface area contributed by atoms with Crippen LogP contribution in [0.25, 0.3) is 0 Å². The summed E-state index contributed by atoms with van der Waals surface area (Å²) in [6, 6.07) is 0.191. The van der Waals surface area contributed by atoms with E-state index < -0.39 is 5.97 Å². The summed E-state index contributed by atoms with van der Waals surface area (Å²) in [5.41, 5.74) is 0. The molecular weight excluding hydrogens is 142 g/mol. The first kappa shape index (κ1) is 7.98. The van der Waals surface area contributed by atoms with Crippen LogP contribution in [0.15, 0.2) is 17.1 Å². The molecule has 0 spiro atoms. The van der Waals surface area contributed by atoms with Crippen molar-refractivity contribution in [2.75, 3.05) is 0 Å². The van der Waals surface area contributed by atoms with Crippen molar-refractivity contribution in [3.63, 3.8) is 0 Å². The Morgan fingerprint density at radius 2 is 2.55 bits per heavy atom. The highest BCUT2D eigenvalue weighted by Crippen LogP contribution is 2.09. The summed E-state index contributed by atoms with van der Waals surface area (Å²) in [6.07, 6.45) is 7.38. The van der Waals surface area contributed by atoms with Gasteiger partial charge in [0, 0.05) is 12.6 Å². The van der Waals surface area contributed by atoms with E-state index in [1.54, 1.807) is 6.21 Å². The van der Waals surface area contributed by atoms with Gasteiger partial charge in [0.2, 0.25) is 0 Å². The topological polar surface area (TPSA) is 49.7 Å². The summed E-state index contributed by atoms with van der Waals surface area (Å²) >= 11 is 0. The molecule has 60 valence electrons. The molecule has 1 aliphatic rings. The first-order valence-corrected chi connectivity index (χ1v) is 3.69. The highest BCUT2D eigenvalue weighted by Gasteiger charge is 2.07. The predicted molar refractivity (Wildman–Crippen MR) is 42.9 cm³/mol. The number of hydrogen-bond acceptors (Lipinski definition) is 2. The van der Waals surface area contributed by atoms with Crippen molar-refractivity contribution in [1.82, 2.24) is 0 Å². The minimum absolute atomic E-state index is 0.191. The molecular formula is C8H11NO2. The van der Waals surface area contributed by atoms with E-state index in [1.807, 2.05) is 12.2 Å². The second kappa shape index (κ2) is 3.91. The van der Waals surface area contributed by atoms with Crippen molar-refractivity contribution < 1.29 is 9.90 Å². The Kier molecular flexibility index (Phi) is 2.83. The van der Waals surface area contributed by atoms with E-state index in [0.29, 0.717) is 6.42 Å². The normalized spacial score (nSPS) is 22.0. The van der Waals surface area contributed by atoms with Crippen molar-refractivity contribution in [1.29, 1.82) is 0 Å². The van der Waals surface area contributed by atoms with Crippen molar-refractivity contribution >= 4 is 12.2 Å². The lowest BCUT2D eigenvalue weighted by atomic mass is 10.1. The zero-order valence-corrected chi connectivity index (χ0v) is 6.23. The molecule has 3 heteroatoms. The van der Waals surface area contributed by atoms with Crippen LogP contribution in [0.4, 0.5) is 0 Å². The summed E-state index contributed by atoms with van der Waals surface area (Å²) in [5.74, 6) is -0.741. The van der Waals surface area contributed by atoms with Gasteiger partial charge >= 0.3 is 5.97 Å². The average Bonchev–Trinajstić information content (AvgIpc) is 2.03. The molecule has 0 aromatic carbocycles. The van der Waals surface area contributed by atoms with E-state index in [-0.39, 0.29) is 12.5 Å². The maximum Gasteiger partial charge on any atom is 0.303 e. The van der Waals surface area contributed by atoms with E-state index in [9.17, 15) is 4.79 Å². The third-order valence-corrected chi connectivity index (χ3v) is 1.62. The second-order valence-corrected chi connectivity index (χ2v) is 2.55. The second-order valence-electron chi connectivity index (χ2n) is 2.55. The minimum atomic E-state index is -0.741. The lowest BCUT2D eigenvalue weighted by Gasteiger charge is -2.09. The first-order valence-electron chi connectivity index (χ1n) is 3.69. The van der Waals surface area contributed by atoms with E-state index in [4.69, 9.17) is 5.11 Å². The SMILES string of the molecule is O=C(O)CCC1CC=CC=N1. The number of nitrogens with zero attached hydrogens (tertiary/aromatic N) is 1. The fourth-order valence-electron chi connectivity index (χ4n) is 1.01. The van der Waals surface area contributed by atoms with Crippen LogP contribution in [0.1, 0.15) is 19.3 Å². The Morgan fingerprint density at radius 1 is 1.73 bits per heavy atom. The van der Waals surface area contributed by atoms with Crippen LogP contribution in [0, 0.1) is 0 Å². The number of aliphatic imine (C=N–C) groups is 1. The zero-order chi connectivity index (χ0) is 8.10. The lowest BCUT2D eigenvalue weighted by molar-refractivity contribution is -0.137. The largest absolute Gasteiger partial charge is 0.481 e. The number of carboxylic acid groups (broad SMARTS) is 1. The number of rotatable bonds is 3. The minimum Gasteiger partial charge on any atom is -0.481 e. The first-order chi connectivity index (χ1) is 5.29. The number of dihydropyridines is 1. The van der Waals surface area contributed by atoms with Crippen LogP contribution in [0.3, 0.4) is 0 Å². The Bertz CT molecular complexity index is 196.